The molecule has 31 heavy (non-hydrogen) atoms. The molecular weight excluding hydrogens is 431 g/mol. The molecule has 0 saturated carbocycles. The number of nitrogens with zero attached hydrogens (tertiary/aromatic N) is 3. The second-order valence-electron chi connectivity index (χ2n) is 7.79. The zero-order valence-corrected chi connectivity index (χ0v) is 19.3. The maximum atomic E-state index is 13.1. The van der Waals surface area contributed by atoms with E-state index in [0.29, 0.717) is 18.7 Å². The van der Waals surface area contributed by atoms with Crippen LogP contribution in [-0.4, -0.2) is 49.0 Å². The first-order valence-corrected chi connectivity index (χ1v) is 9.85. The summed E-state index contributed by atoms with van der Waals surface area (Å²) >= 11 is 0. The minimum atomic E-state index is -0.0592. The number of aromatic nitrogens is 1. The van der Waals surface area contributed by atoms with Crippen LogP contribution in [0.1, 0.15) is 21.8 Å². The van der Waals surface area contributed by atoms with E-state index in [9.17, 15) is 4.79 Å². The minimum Gasteiger partial charge on any atom is -0.378 e. The molecule has 1 saturated heterocycles. The lowest BCUT2D eigenvalue weighted by Crippen LogP contribution is -2.32. The van der Waals surface area contributed by atoms with Gasteiger partial charge in [-0.1, -0.05) is 42.5 Å². The van der Waals surface area contributed by atoms with Crippen molar-refractivity contribution < 1.29 is 4.79 Å². The molecule has 0 bridgehead atoms. The third-order valence-corrected chi connectivity index (χ3v) is 5.58. The number of halogens is 2. The van der Waals surface area contributed by atoms with Crippen molar-refractivity contribution >= 4 is 36.4 Å². The number of carbonyl (C=O) groups excluding carboxylic acids is 1. The number of rotatable bonds is 4. The van der Waals surface area contributed by atoms with Gasteiger partial charge in [0.05, 0.1) is 5.56 Å². The molecule has 0 radical (unpaired) electrons. The maximum absolute atomic E-state index is 13.1. The van der Waals surface area contributed by atoms with Gasteiger partial charge in [-0.15, -0.1) is 24.8 Å². The number of hydrogen-bond acceptors (Lipinski definition) is 4. The smallest absolute Gasteiger partial charge is 0.255 e. The highest BCUT2D eigenvalue weighted by Gasteiger charge is 2.34. The van der Waals surface area contributed by atoms with Gasteiger partial charge in [-0.05, 0) is 29.3 Å². The Morgan fingerprint density at radius 3 is 2.29 bits per heavy atom. The van der Waals surface area contributed by atoms with Crippen molar-refractivity contribution in [2.24, 2.45) is 5.73 Å². The van der Waals surface area contributed by atoms with Crippen molar-refractivity contribution in [2.75, 3.05) is 32.1 Å². The molecular formula is C24H28Cl2N4O. The molecule has 0 aliphatic carbocycles. The molecule has 3 aromatic rings. The highest BCUT2D eigenvalue weighted by molar-refractivity contribution is 5.95. The average Bonchev–Trinajstić information content (AvgIpc) is 3.15. The lowest BCUT2D eigenvalue weighted by Gasteiger charge is -2.17. The summed E-state index contributed by atoms with van der Waals surface area (Å²) in [6.07, 6.45) is 3.44. The monoisotopic (exact) mass is 458 g/mol. The van der Waals surface area contributed by atoms with Crippen molar-refractivity contribution in [3.05, 3.63) is 84.2 Å². The van der Waals surface area contributed by atoms with Gasteiger partial charge < -0.3 is 15.5 Å². The van der Waals surface area contributed by atoms with Gasteiger partial charge >= 0.3 is 0 Å². The van der Waals surface area contributed by atoms with E-state index in [1.807, 2.05) is 43.3 Å². The van der Waals surface area contributed by atoms with Crippen LogP contribution in [0.3, 0.4) is 0 Å². The molecule has 1 fully saturated rings. The Bertz CT molecular complexity index is 996. The molecule has 4 rings (SSSR count). The minimum absolute atomic E-state index is 0. The predicted octanol–water partition coefficient (Wildman–Crippen LogP) is 4.23. The van der Waals surface area contributed by atoms with Gasteiger partial charge in [0.25, 0.3) is 5.91 Å². The van der Waals surface area contributed by atoms with Crippen LogP contribution in [-0.2, 0) is 0 Å². The van der Waals surface area contributed by atoms with Gasteiger partial charge in [-0.3, -0.25) is 9.78 Å². The molecule has 0 spiro atoms. The Hall–Kier alpha value is -2.60. The third kappa shape index (κ3) is 5.37. The summed E-state index contributed by atoms with van der Waals surface area (Å²) < 4.78 is 0. The van der Waals surface area contributed by atoms with Gasteiger partial charge in [-0.2, -0.15) is 0 Å². The largest absolute Gasteiger partial charge is 0.378 e. The van der Waals surface area contributed by atoms with E-state index in [-0.39, 0.29) is 42.7 Å². The number of nitrogens with two attached hydrogens (primary N) is 1. The molecule has 2 aromatic carbocycles. The van der Waals surface area contributed by atoms with Crippen molar-refractivity contribution in [1.29, 1.82) is 0 Å². The van der Waals surface area contributed by atoms with Crippen molar-refractivity contribution in [1.82, 2.24) is 9.88 Å². The Balaban J connectivity index is 0.00000171. The lowest BCUT2D eigenvalue weighted by atomic mass is 9.95. The summed E-state index contributed by atoms with van der Waals surface area (Å²) in [6, 6.07) is 20.3. The number of hydrogen-bond donors (Lipinski definition) is 1. The molecule has 164 valence electrons. The van der Waals surface area contributed by atoms with E-state index in [4.69, 9.17) is 5.73 Å². The fourth-order valence-corrected chi connectivity index (χ4v) is 3.90. The molecule has 0 unspecified atom stereocenters. The molecule has 5 nitrogen and oxygen atoms in total. The van der Waals surface area contributed by atoms with Crippen LogP contribution in [0.5, 0.6) is 0 Å². The van der Waals surface area contributed by atoms with E-state index in [1.165, 1.54) is 5.56 Å². The standard InChI is InChI=1S/C24H26N4O.2ClH/c1-27(2)21-10-8-17(9-11-21)19-12-20(14-26-13-19)24(29)28-15-22(23(25)16-28)18-6-4-3-5-7-18;;/h3-14,22-23H,15-16,25H2,1-2H3;2*1H/t22-,23+;;/m0../s1. The summed E-state index contributed by atoms with van der Waals surface area (Å²) in [5.74, 6) is 0.146. The quantitative estimate of drug-likeness (QED) is 0.635. The fraction of sp³-hybridized carbons (Fsp3) is 0.250. The summed E-state index contributed by atoms with van der Waals surface area (Å²) in [7, 11) is 4.03. The van der Waals surface area contributed by atoms with Gasteiger partial charge in [-0.25, -0.2) is 0 Å². The normalized spacial score (nSPS) is 17.5. The number of pyridine rings is 1. The summed E-state index contributed by atoms with van der Waals surface area (Å²) in [4.78, 5) is 21.3. The predicted molar refractivity (Wildman–Crippen MR) is 132 cm³/mol. The number of amides is 1. The molecule has 2 atom stereocenters. The SMILES string of the molecule is CN(C)c1ccc(-c2cncc(C(=O)N3C[C@@H](N)[C@H](c4ccccc4)C3)c2)cc1.Cl.Cl. The van der Waals surface area contributed by atoms with Crippen LogP contribution in [0.4, 0.5) is 5.69 Å². The first-order chi connectivity index (χ1) is 14.0. The van der Waals surface area contributed by atoms with Crippen LogP contribution in [0.15, 0.2) is 73.1 Å². The van der Waals surface area contributed by atoms with Crippen LogP contribution in [0.2, 0.25) is 0 Å². The van der Waals surface area contributed by atoms with Crippen molar-refractivity contribution in [3.8, 4) is 11.1 Å². The zero-order valence-electron chi connectivity index (χ0n) is 17.6. The Labute approximate surface area is 196 Å². The van der Waals surface area contributed by atoms with Crippen LogP contribution < -0.4 is 10.6 Å². The Kier molecular flexibility index (Phi) is 8.45. The van der Waals surface area contributed by atoms with Crippen molar-refractivity contribution in [2.45, 2.75) is 12.0 Å². The summed E-state index contributed by atoms with van der Waals surface area (Å²) in [6.45, 7) is 1.19. The first kappa shape index (κ1) is 24.7. The number of anilines is 1. The number of carbonyl (C=O) groups is 1. The fourth-order valence-electron chi connectivity index (χ4n) is 3.90. The molecule has 2 heterocycles. The van der Waals surface area contributed by atoms with Crippen molar-refractivity contribution in [3.63, 3.8) is 0 Å². The van der Waals surface area contributed by atoms with E-state index in [1.54, 1.807) is 12.4 Å². The maximum Gasteiger partial charge on any atom is 0.255 e. The van der Waals surface area contributed by atoms with Gasteiger partial charge in [0.1, 0.15) is 0 Å². The van der Waals surface area contributed by atoms with Gasteiger partial charge in [0, 0.05) is 62.8 Å². The first-order valence-electron chi connectivity index (χ1n) is 9.85. The number of benzene rings is 2. The lowest BCUT2D eigenvalue weighted by molar-refractivity contribution is 0.0789. The second kappa shape index (κ2) is 10.6. The topological polar surface area (TPSA) is 62.5 Å². The average molecular weight is 459 g/mol. The third-order valence-electron chi connectivity index (χ3n) is 5.58. The Morgan fingerprint density at radius 1 is 0.968 bits per heavy atom. The van der Waals surface area contributed by atoms with Crippen LogP contribution in [0, 0.1) is 0 Å². The Morgan fingerprint density at radius 2 is 1.65 bits per heavy atom. The second-order valence-corrected chi connectivity index (χ2v) is 7.79. The molecule has 7 heteroatoms. The molecule has 1 amide bonds. The summed E-state index contributed by atoms with van der Waals surface area (Å²) in [5, 5.41) is 0. The van der Waals surface area contributed by atoms with Crippen LogP contribution >= 0.6 is 24.8 Å². The van der Waals surface area contributed by atoms with Gasteiger partial charge in [0.2, 0.25) is 0 Å². The molecule has 1 aliphatic heterocycles. The van der Waals surface area contributed by atoms with E-state index in [2.05, 4.69) is 46.3 Å². The highest BCUT2D eigenvalue weighted by Crippen LogP contribution is 2.28. The molecule has 1 aromatic heterocycles. The van der Waals surface area contributed by atoms with Gasteiger partial charge in [0.15, 0.2) is 0 Å². The zero-order chi connectivity index (χ0) is 20.4. The van der Waals surface area contributed by atoms with E-state index in [0.717, 1.165) is 16.8 Å². The number of likely N-dealkylation sites (tertiary alicyclic amines) is 1. The van der Waals surface area contributed by atoms with Crippen LogP contribution in [0.25, 0.3) is 11.1 Å². The van der Waals surface area contributed by atoms with E-state index >= 15 is 0 Å². The van der Waals surface area contributed by atoms with E-state index < -0.39 is 0 Å². The molecule has 2 N–H and O–H groups in total. The molecule has 1 aliphatic rings. The highest BCUT2D eigenvalue weighted by atomic mass is 35.5. The summed E-state index contributed by atoms with van der Waals surface area (Å²) in [5.41, 5.74) is 11.2.